The zero-order chi connectivity index (χ0) is 21.8. The Bertz CT molecular complexity index is 1380. The molecule has 4 aromatic rings. The normalized spacial score (nSPS) is 10.5. The predicted molar refractivity (Wildman–Crippen MR) is 120 cm³/mol. The van der Waals surface area contributed by atoms with Gasteiger partial charge >= 0.3 is 0 Å². The molecule has 0 unspecified atom stereocenters. The molecule has 0 aliphatic carbocycles. The van der Waals surface area contributed by atoms with Gasteiger partial charge in [-0.2, -0.15) is 0 Å². The van der Waals surface area contributed by atoms with E-state index in [9.17, 15) is 9.59 Å². The number of fused-ring (bicyclic) bond motifs is 1. The third-order valence-electron chi connectivity index (χ3n) is 4.56. The summed E-state index contributed by atoms with van der Waals surface area (Å²) in [4.78, 5) is 34.0. The number of hydrogen-bond donors (Lipinski definition) is 1. The minimum absolute atomic E-state index is 0.0704. The Morgan fingerprint density at radius 2 is 1.81 bits per heavy atom. The van der Waals surface area contributed by atoms with E-state index in [2.05, 4.69) is 27.1 Å². The van der Waals surface area contributed by atoms with Crippen LogP contribution >= 0.6 is 0 Å². The first-order valence-corrected chi connectivity index (χ1v) is 9.86. The summed E-state index contributed by atoms with van der Waals surface area (Å²) < 4.78 is 1.75. The van der Waals surface area contributed by atoms with Gasteiger partial charge in [0.2, 0.25) is 5.43 Å². The van der Waals surface area contributed by atoms with Crippen molar-refractivity contribution in [3.63, 3.8) is 0 Å². The summed E-state index contributed by atoms with van der Waals surface area (Å²) in [5, 5.41) is 3.17. The van der Waals surface area contributed by atoms with E-state index in [1.807, 2.05) is 50.2 Å². The van der Waals surface area contributed by atoms with Gasteiger partial charge in [0.1, 0.15) is 11.2 Å². The van der Waals surface area contributed by atoms with Crippen molar-refractivity contribution in [3.8, 4) is 17.5 Å². The Labute approximate surface area is 179 Å². The van der Waals surface area contributed by atoms with Gasteiger partial charge in [-0.1, -0.05) is 17.9 Å². The third-order valence-corrected chi connectivity index (χ3v) is 4.56. The standard InChI is InChI=1S/C25H20N4O2/c1-17(2)28-25(31)22-16-29(24-21(23(22)30)9-5-13-27-24)20-8-3-6-18(14-20)10-11-19-7-4-12-26-15-19/h3-9,12-17H,1-2H3,(H,28,31). The van der Waals surface area contributed by atoms with E-state index in [0.717, 1.165) is 16.8 Å². The van der Waals surface area contributed by atoms with E-state index in [-0.39, 0.29) is 17.0 Å². The third kappa shape index (κ3) is 4.36. The van der Waals surface area contributed by atoms with E-state index in [4.69, 9.17) is 0 Å². The number of carbonyl (C=O) groups excluding carboxylic acids is 1. The van der Waals surface area contributed by atoms with E-state index >= 15 is 0 Å². The Balaban J connectivity index is 1.85. The van der Waals surface area contributed by atoms with Crippen molar-refractivity contribution in [2.45, 2.75) is 19.9 Å². The molecule has 0 aliphatic heterocycles. The molecule has 0 radical (unpaired) electrons. The van der Waals surface area contributed by atoms with Gasteiger partial charge in [0.25, 0.3) is 5.91 Å². The van der Waals surface area contributed by atoms with Crippen molar-refractivity contribution in [1.29, 1.82) is 0 Å². The number of hydrogen-bond acceptors (Lipinski definition) is 4. The number of pyridine rings is 3. The molecule has 152 valence electrons. The van der Waals surface area contributed by atoms with Crippen LogP contribution in [0.5, 0.6) is 0 Å². The first-order chi connectivity index (χ1) is 15.0. The smallest absolute Gasteiger partial charge is 0.256 e. The lowest BCUT2D eigenvalue weighted by Crippen LogP contribution is -2.34. The fourth-order valence-electron chi connectivity index (χ4n) is 3.17. The van der Waals surface area contributed by atoms with Gasteiger partial charge in [0.05, 0.1) is 5.39 Å². The molecule has 0 saturated carbocycles. The van der Waals surface area contributed by atoms with Gasteiger partial charge in [-0.25, -0.2) is 4.98 Å². The van der Waals surface area contributed by atoms with Crippen LogP contribution < -0.4 is 10.7 Å². The van der Waals surface area contributed by atoms with Gasteiger partial charge < -0.3 is 9.88 Å². The van der Waals surface area contributed by atoms with Gasteiger partial charge in [-0.3, -0.25) is 14.6 Å². The quantitative estimate of drug-likeness (QED) is 0.528. The summed E-state index contributed by atoms with van der Waals surface area (Å²) >= 11 is 0. The van der Waals surface area contributed by atoms with E-state index in [1.165, 1.54) is 0 Å². The first-order valence-electron chi connectivity index (χ1n) is 9.86. The molecule has 1 N–H and O–H groups in total. The van der Waals surface area contributed by atoms with Gasteiger partial charge in [0.15, 0.2) is 0 Å². The average molecular weight is 408 g/mol. The Hall–Kier alpha value is -4.24. The SMILES string of the molecule is CC(C)NC(=O)c1cn(-c2cccc(C#Cc3cccnc3)c2)c2ncccc2c1=O. The lowest BCUT2D eigenvalue weighted by molar-refractivity contribution is 0.0941. The molecule has 0 aliphatic rings. The fraction of sp³-hybridized carbons (Fsp3) is 0.120. The molecule has 1 amide bonds. The average Bonchev–Trinajstić information content (AvgIpc) is 2.78. The molecule has 1 aromatic carbocycles. The van der Waals surface area contributed by atoms with Crippen LogP contribution in [-0.2, 0) is 0 Å². The number of nitrogens with zero attached hydrogens (tertiary/aromatic N) is 3. The molecule has 31 heavy (non-hydrogen) atoms. The topological polar surface area (TPSA) is 76.9 Å². The van der Waals surface area contributed by atoms with Crippen molar-refractivity contribution < 1.29 is 4.79 Å². The van der Waals surface area contributed by atoms with Crippen LogP contribution in [0.1, 0.15) is 35.3 Å². The summed E-state index contributed by atoms with van der Waals surface area (Å²) in [6.45, 7) is 3.70. The van der Waals surface area contributed by atoms with E-state index < -0.39 is 5.91 Å². The molecular formula is C25H20N4O2. The zero-order valence-corrected chi connectivity index (χ0v) is 17.2. The van der Waals surface area contributed by atoms with Crippen LogP contribution in [0, 0.1) is 11.8 Å². The second-order valence-corrected chi connectivity index (χ2v) is 7.29. The zero-order valence-electron chi connectivity index (χ0n) is 17.2. The minimum Gasteiger partial charge on any atom is -0.350 e. The molecule has 6 nitrogen and oxygen atoms in total. The molecule has 0 saturated heterocycles. The van der Waals surface area contributed by atoms with E-state index in [1.54, 1.807) is 41.5 Å². The minimum atomic E-state index is -0.410. The molecule has 0 bridgehead atoms. The van der Waals surface area contributed by atoms with Crippen molar-refractivity contribution >= 4 is 16.9 Å². The summed E-state index contributed by atoms with van der Waals surface area (Å²) in [6.07, 6.45) is 6.57. The second kappa shape index (κ2) is 8.64. The maximum atomic E-state index is 12.9. The molecule has 6 heteroatoms. The second-order valence-electron chi connectivity index (χ2n) is 7.29. The largest absolute Gasteiger partial charge is 0.350 e. The summed E-state index contributed by atoms with van der Waals surface area (Å²) in [6, 6.07) is 14.6. The van der Waals surface area contributed by atoms with Crippen LogP contribution in [0.15, 0.2) is 78.1 Å². The Morgan fingerprint density at radius 3 is 2.58 bits per heavy atom. The number of amides is 1. The number of benzene rings is 1. The number of carbonyl (C=O) groups is 1. The van der Waals surface area contributed by atoms with Crippen molar-refractivity contribution in [3.05, 3.63) is 100 Å². The fourth-order valence-corrected chi connectivity index (χ4v) is 3.17. The molecule has 3 heterocycles. The highest BCUT2D eigenvalue weighted by molar-refractivity contribution is 5.97. The van der Waals surface area contributed by atoms with Gasteiger partial charge in [-0.15, -0.1) is 0 Å². The summed E-state index contributed by atoms with van der Waals surface area (Å²) in [7, 11) is 0. The van der Waals surface area contributed by atoms with Crippen molar-refractivity contribution in [2.75, 3.05) is 0 Å². The predicted octanol–water partition coefficient (Wildman–Crippen LogP) is 3.32. The van der Waals surface area contributed by atoms with Crippen molar-refractivity contribution in [1.82, 2.24) is 19.9 Å². The van der Waals surface area contributed by atoms with Crippen molar-refractivity contribution in [2.24, 2.45) is 0 Å². The van der Waals surface area contributed by atoms with Gasteiger partial charge in [0, 0.05) is 47.6 Å². The molecule has 0 atom stereocenters. The number of nitrogens with one attached hydrogen (secondary N) is 1. The monoisotopic (exact) mass is 408 g/mol. The number of aromatic nitrogens is 3. The highest BCUT2D eigenvalue weighted by Crippen LogP contribution is 2.17. The highest BCUT2D eigenvalue weighted by Gasteiger charge is 2.17. The molecule has 0 fully saturated rings. The van der Waals surface area contributed by atoms with Crippen LogP contribution in [0.2, 0.25) is 0 Å². The van der Waals surface area contributed by atoms with Crippen LogP contribution in [0.3, 0.4) is 0 Å². The Morgan fingerprint density at radius 1 is 1.03 bits per heavy atom. The first kappa shape index (κ1) is 20.0. The molecule has 3 aromatic heterocycles. The highest BCUT2D eigenvalue weighted by atomic mass is 16.2. The summed E-state index contributed by atoms with van der Waals surface area (Å²) in [5.41, 5.74) is 2.56. The molecule has 4 rings (SSSR count). The van der Waals surface area contributed by atoms with E-state index in [0.29, 0.717) is 11.0 Å². The number of rotatable bonds is 3. The maximum Gasteiger partial charge on any atom is 0.256 e. The van der Waals surface area contributed by atoms with Crippen LogP contribution in [0.4, 0.5) is 0 Å². The van der Waals surface area contributed by atoms with Crippen LogP contribution in [0.25, 0.3) is 16.7 Å². The lowest BCUT2D eigenvalue weighted by atomic mass is 10.1. The molecular weight excluding hydrogens is 388 g/mol. The lowest BCUT2D eigenvalue weighted by Gasteiger charge is -2.14. The van der Waals surface area contributed by atoms with Crippen LogP contribution in [-0.4, -0.2) is 26.5 Å². The van der Waals surface area contributed by atoms with Gasteiger partial charge in [-0.05, 0) is 56.3 Å². The maximum absolute atomic E-state index is 12.9. The Kier molecular flexibility index (Phi) is 5.59. The molecule has 0 spiro atoms. The summed E-state index contributed by atoms with van der Waals surface area (Å²) in [5.74, 6) is 5.80.